The fourth-order valence-corrected chi connectivity index (χ4v) is 2.66. The molecule has 0 atom stereocenters. The molecule has 0 aliphatic heterocycles. The van der Waals surface area contributed by atoms with E-state index in [2.05, 4.69) is 16.2 Å². The minimum atomic E-state index is -0.571. The summed E-state index contributed by atoms with van der Waals surface area (Å²) in [7, 11) is 0. The second-order valence-electron chi connectivity index (χ2n) is 6.45. The second kappa shape index (κ2) is 9.42. The zero-order chi connectivity index (χ0) is 21.5. The Morgan fingerprint density at radius 2 is 1.53 bits per heavy atom. The zero-order valence-electron chi connectivity index (χ0n) is 16.5. The van der Waals surface area contributed by atoms with E-state index in [0.717, 1.165) is 0 Å². The Hall–Kier alpha value is -4.07. The molecule has 8 heteroatoms. The molecule has 0 aliphatic carbocycles. The van der Waals surface area contributed by atoms with E-state index in [-0.39, 0.29) is 6.54 Å². The highest BCUT2D eigenvalue weighted by atomic mass is 16.5. The Morgan fingerprint density at radius 1 is 0.867 bits per heavy atom. The lowest BCUT2D eigenvalue weighted by atomic mass is 10.2. The first-order chi connectivity index (χ1) is 14.4. The molecule has 0 aliphatic rings. The highest BCUT2D eigenvalue weighted by molar-refractivity contribution is 5.98. The number of ether oxygens (including phenoxy) is 1. The van der Waals surface area contributed by atoms with Crippen LogP contribution in [0.4, 0.5) is 0 Å². The van der Waals surface area contributed by atoms with Crippen LogP contribution in [-0.2, 0) is 4.79 Å². The summed E-state index contributed by atoms with van der Waals surface area (Å²) in [5.74, 6) is 0.821. The number of amides is 3. The van der Waals surface area contributed by atoms with E-state index < -0.39 is 17.7 Å². The third-order valence-corrected chi connectivity index (χ3v) is 4.11. The highest BCUT2D eigenvalue weighted by Crippen LogP contribution is 2.21. The Balaban J connectivity index is 1.45. The Kier molecular flexibility index (Phi) is 6.49. The standard InChI is InChI=1S/C22H21N3O5/c1-14-12-19(15(2)29-14)22(28)25-24-20(26)13-23-21(27)16-8-10-18(11-9-16)30-17-6-4-3-5-7-17/h3-12H,13H2,1-2H3,(H,23,27)(H,24,26)(H,25,28). The van der Waals surface area contributed by atoms with Crippen molar-refractivity contribution in [3.63, 3.8) is 0 Å². The number of rotatable bonds is 6. The summed E-state index contributed by atoms with van der Waals surface area (Å²) >= 11 is 0. The van der Waals surface area contributed by atoms with Crippen molar-refractivity contribution in [2.45, 2.75) is 13.8 Å². The number of carbonyl (C=O) groups is 3. The molecule has 0 radical (unpaired) electrons. The molecule has 1 heterocycles. The predicted octanol–water partition coefficient (Wildman–Crippen LogP) is 2.88. The average Bonchev–Trinajstić information content (AvgIpc) is 3.09. The summed E-state index contributed by atoms with van der Waals surface area (Å²) in [5, 5.41) is 2.49. The molecule has 0 fully saturated rings. The molecule has 0 bridgehead atoms. The van der Waals surface area contributed by atoms with Gasteiger partial charge in [0.15, 0.2) is 0 Å². The molecular formula is C22H21N3O5. The van der Waals surface area contributed by atoms with Crippen molar-refractivity contribution in [2.75, 3.05) is 6.54 Å². The van der Waals surface area contributed by atoms with Crippen LogP contribution in [-0.4, -0.2) is 24.3 Å². The molecule has 3 aromatic rings. The van der Waals surface area contributed by atoms with Gasteiger partial charge in [0.25, 0.3) is 17.7 Å². The van der Waals surface area contributed by atoms with Crippen molar-refractivity contribution in [1.29, 1.82) is 0 Å². The van der Waals surface area contributed by atoms with Crippen molar-refractivity contribution in [1.82, 2.24) is 16.2 Å². The number of hydrazine groups is 1. The summed E-state index contributed by atoms with van der Waals surface area (Å²) in [6, 6.07) is 17.4. The van der Waals surface area contributed by atoms with Crippen LogP contribution in [0.5, 0.6) is 11.5 Å². The monoisotopic (exact) mass is 407 g/mol. The van der Waals surface area contributed by atoms with Gasteiger partial charge in [-0.2, -0.15) is 0 Å². The van der Waals surface area contributed by atoms with Gasteiger partial charge >= 0.3 is 0 Å². The molecule has 154 valence electrons. The molecule has 0 spiro atoms. The second-order valence-corrected chi connectivity index (χ2v) is 6.45. The summed E-state index contributed by atoms with van der Waals surface area (Å²) in [5.41, 5.74) is 5.23. The lowest BCUT2D eigenvalue weighted by Crippen LogP contribution is -2.46. The van der Waals surface area contributed by atoms with Crippen LogP contribution < -0.4 is 20.9 Å². The van der Waals surface area contributed by atoms with Gasteiger partial charge < -0.3 is 14.5 Å². The first kappa shape index (κ1) is 20.7. The number of aryl methyl sites for hydroxylation is 2. The maximum Gasteiger partial charge on any atom is 0.273 e. The lowest BCUT2D eigenvalue weighted by Gasteiger charge is -2.09. The zero-order valence-corrected chi connectivity index (χ0v) is 16.5. The summed E-state index contributed by atoms with van der Waals surface area (Å²) in [4.78, 5) is 36.1. The van der Waals surface area contributed by atoms with Crippen molar-refractivity contribution < 1.29 is 23.5 Å². The fourth-order valence-electron chi connectivity index (χ4n) is 2.66. The third kappa shape index (κ3) is 5.48. The molecule has 3 amide bonds. The number of hydrogen-bond acceptors (Lipinski definition) is 5. The SMILES string of the molecule is Cc1cc(C(=O)NNC(=O)CNC(=O)c2ccc(Oc3ccccc3)cc2)c(C)o1. The fraction of sp³-hybridized carbons (Fsp3) is 0.136. The van der Waals surface area contributed by atoms with Crippen LogP contribution in [0.15, 0.2) is 65.1 Å². The van der Waals surface area contributed by atoms with E-state index in [1.807, 2.05) is 30.3 Å². The van der Waals surface area contributed by atoms with Crippen molar-refractivity contribution in [2.24, 2.45) is 0 Å². The molecule has 3 rings (SSSR count). The molecule has 0 unspecified atom stereocenters. The molecule has 0 saturated heterocycles. The van der Waals surface area contributed by atoms with Crippen LogP contribution in [0.25, 0.3) is 0 Å². The normalized spacial score (nSPS) is 10.2. The first-order valence-electron chi connectivity index (χ1n) is 9.20. The van der Waals surface area contributed by atoms with E-state index in [1.165, 1.54) is 0 Å². The lowest BCUT2D eigenvalue weighted by molar-refractivity contribution is -0.120. The van der Waals surface area contributed by atoms with Crippen LogP contribution in [0.1, 0.15) is 32.2 Å². The first-order valence-corrected chi connectivity index (χ1v) is 9.20. The van der Waals surface area contributed by atoms with Crippen LogP contribution in [0.3, 0.4) is 0 Å². The molecule has 3 N–H and O–H groups in total. The summed E-state index contributed by atoms with van der Waals surface area (Å²) < 4.78 is 10.9. The maximum absolute atomic E-state index is 12.2. The van der Waals surface area contributed by atoms with E-state index in [4.69, 9.17) is 9.15 Å². The maximum atomic E-state index is 12.2. The molecular weight excluding hydrogens is 386 g/mol. The molecule has 0 saturated carbocycles. The number of furan rings is 1. The van der Waals surface area contributed by atoms with E-state index in [0.29, 0.717) is 34.1 Å². The average molecular weight is 407 g/mol. The number of nitrogens with one attached hydrogen (secondary N) is 3. The highest BCUT2D eigenvalue weighted by Gasteiger charge is 2.14. The van der Waals surface area contributed by atoms with Gasteiger partial charge in [0.1, 0.15) is 23.0 Å². The Labute approximate surface area is 173 Å². The van der Waals surface area contributed by atoms with Crippen LogP contribution >= 0.6 is 0 Å². The minimum absolute atomic E-state index is 0.301. The topological polar surface area (TPSA) is 110 Å². The predicted molar refractivity (Wildman–Crippen MR) is 109 cm³/mol. The number of hydrogen-bond donors (Lipinski definition) is 3. The van der Waals surface area contributed by atoms with Crippen molar-refractivity contribution in [3.8, 4) is 11.5 Å². The van der Waals surface area contributed by atoms with Gasteiger partial charge in [-0.25, -0.2) is 0 Å². The minimum Gasteiger partial charge on any atom is -0.466 e. The van der Waals surface area contributed by atoms with Crippen LogP contribution in [0, 0.1) is 13.8 Å². The third-order valence-electron chi connectivity index (χ3n) is 4.11. The Bertz CT molecular complexity index is 1040. The molecule has 2 aromatic carbocycles. The van der Waals surface area contributed by atoms with E-state index >= 15 is 0 Å². The van der Waals surface area contributed by atoms with E-state index in [1.54, 1.807) is 44.2 Å². The van der Waals surface area contributed by atoms with E-state index in [9.17, 15) is 14.4 Å². The van der Waals surface area contributed by atoms with Crippen molar-refractivity contribution >= 4 is 17.7 Å². The molecule has 1 aromatic heterocycles. The molecule has 8 nitrogen and oxygen atoms in total. The van der Waals surface area contributed by atoms with Gasteiger partial charge in [-0.3, -0.25) is 25.2 Å². The quantitative estimate of drug-likeness (QED) is 0.545. The summed E-state index contributed by atoms with van der Waals surface area (Å²) in [6.45, 7) is 3.07. The van der Waals surface area contributed by atoms with Gasteiger partial charge in [-0.05, 0) is 56.3 Å². The number of para-hydroxylation sites is 1. The van der Waals surface area contributed by atoms with Gasteiger partial charge in [-0.15, -0.1) is 0 Å². The molecule has 30 heavy (non-hydrogen) atoms. The largest absolute Gasteiger partial charge is 0.466 e. The van der Waals surface area contributed by atoms with Gasteiger partial charge in [-0.1, -0.05) is 18.2 Å². The van der Waals surface area contributed by atoms with Gasteiger partial charge in [0, 0.05) is 5.56 Å². The van der Waals surface area contributed by atoms with Gasteiger partial charge in [0.05, 0.1) is 12.1 Å². The van der Waals surface area contributed by atoms with Gasteiger partial charge in [0.2, 0.25) is 0 Å². The summed E-state index contributed by atoms with van der Waals surface area (Å²) in [6.07, 6.45) is 0. The number of carbonyl (C=O) groups excluding carboxylic acids is 3. The van der Waals surface area contributed by atoms with Crippen LogP contribution in [0.2, 0.25) is 0 Å². The number of benzene rings is 2. The smallest absolute Gasteiger partial charge is 0.273 e. The van der Waals surface area contributed by atoms with Crippen molar-refractivity contribution in [3.05, 3.63) is 83.3 Å². The Morgan fingerprint density at radius 3 is 2.17 bits per heavy atom.